The number of methoxy groups -OCH3 is 2. The Morgan fingerprint density at radius 1 is 0.676 bits per heavy atom. The third kappa shape index (κ3) is 30.8. The van der Waals surface area contributed by atoms with Gasteiger partial charge in [0.25, 0.3) is 0 Å². The summed E-state index contributed by atoms with van der Waals surface area (Å²) in [5.41, 5.74) is 2.08. The zero-order valence-electron chi connectivity index (χ0n) is 84.7. The number of carboxylic acid groups (broad SMARTS) is 1. The number of carbonyl (C=O) groups excluding carboxylic acids is 14. The number of alkyl carbamates (subject to hydrolysis) is 1. The van der Waals surface area contributed by atoms with Gasteiger partial charge in [0.05, 0.1) is 42.7 Å². The van der Waals surface area contributed by atoms with Gasteiger partial charge in [0, 0.05) is 89.4 Å². The van der Waals surface area contributed by atoms with Crippen molar-refractivity contribution in [2.75, 3.05) is 72.5 Å². The van der Waals surface area contributed by atoms with Crippen LogP contribution in [0, 0.1) is 38.9 Å². The molecule has 4 aliphatic rings. The van der Waals surface area contributed by atoms with E-state index in [9.17, 15) is 72.9 Å². The highest BCUT2D eigenvalue weighted by atomic mass is 33.1. The molecule has 9 amide bonds. The minimum Gasteiger partial charge on any atom is -0.508 e. The fraction of sp³-hybridized carbons (Fsp3) is 0.622. The van der Waals surface area contributed by atoms with Crippen LogP contribution in [0.3, 0.4) is 0 Å². The first kappa shape index (κ1) is 117. The van der Waals surface area contributed by atoms with Gasteiger partial charge in [-0.15, -0.1) is 0 Å². The van der Waals surface area contributed by atoms with E-state index >= 15 is 14.4 Å². The summed E-state index contributed by atoms with van der Waals surface area (Å²) in [7, 11) is 4.85. The van der Waals surface area contributed by atoms with Crippen LogP contribution < -0.4 is 59.3 Å². The number of aliphatic hydroxyl groups is 1. The molecule has 42 nitrogen and oxygen atoms in total. The number of aliphatic carboxylic acids is 1. The molecule has 142 heavy (non-hydrogen) atoms. The Hall–Kier alpha value is -11.9. The number of nitrogens with one attached hydrogen (secondary N) is 11. The molecule has 2 bridgehead atoms. The number of phenolic OH excluding ortho intramolecular Hbond substituents is 1. The molecule has 18 N–H and O–H groups in total. The molecule has 3 aliphatic carbocycles. The number of rotatable bonds is 49. The van der Waals surface area contributed by atoms with Gasteiger partial charge in [0.15, 0.2) is 23.3 Å². The number of ketones is 1. The number of benzene rings is 3. The Morgan fingerprint density at radius 2 is 1.23 bits per heavy atom. The second-order valence-corrected chi connectivity index (χ2v) is 42.9. The van der Waals surface area contributed by atoms with Crippen LogP contribution >= 0.6 is 21.6 Å². The molecule has 7 rings (SSSR count). The van der Waals surface area contributed by atoms with Crippen LogP contribution in [-0.4, -0.2) is 293 Å². The van der Waals surface area contributed by atoms with Crippen molar-refractivity contribution >= 4 is 123 Å². The molecule has 3 aromatic rings. The molecule has 3 aromatic carbocycles. The van der Waals surface area contributed by atoms with Crippen molar-refractivity contribution in [3.8, 4) is 5.75 Å². The number of aromatic hydroxyl groups is 1. The van der Waals surface area contributed by atoms with E-state index in [4.69, 9.17) is 64.9 Å². The summed E-state index contributed by atoms with van der Waals surface area (Å²) in [5.74, 6) is -14.1. The van der Waals surface area contributed by atoms with Crippen molar-refractivity contribution in [2.45, 2.75) is 289 Å². The second kappa shape index (κ2) is 51.4. The fourth-order valence-electron chi connectivity index (χ4n) is 18.6. The van der Waals surface area contributed by atoms with E-state index < -0.39 is 238 Å². The van der Waals surface area contributed by atoms with Crippen molar-refractivity contribution in [2.24, 2.45) is 39.5 Å². The lowest BCUT2D eigenvalue weighted by molar-refractivity contribution is -0.347. The summed E-state index contributed by atoms with van der Waals surface area (Å²) in [6.07, 6.45) is -12.0. The molecule has 1 unspecified atom stereocenters. The number of carbonyl (C=O) groups is 15. The van der Waals surface area contributed by atoms with Gasteiger partial charge < -0.3 is 127 Å². The molecule has 1 heterocycles. The smallest absolute Gasteiger partial charge is 0.508 e. The number of hydrogen-bond donors (Lipinski definition) is 16. The number of Topliss-reactive ketones (excluding diaryl/α,β-unsaturated/α-hetero) is 1. The number of fused-ring (bicyclic) bond motifs is 5. The SMILES string of the molecule is CCCN(CC(=O)N[C@@H](CCCNC(=N)N)C(=O)N[C@H](C(=O)N[C@@H](CCCNC(=N)N)C(=O)N[C@@H](Cc1ccc(O)cc1)C(=O)O)C(C)(C)C)C(=O)[C@H](CC(C)C)NC(=O)CN(CCC)C(=O)[C@@H](NC(C)=O)C(C)(C)SSCCOC(=O)O[C@@H](C(=O)O[C@H]1C[C@@]2(O)[C@@H](OC(=O)c3ccccc3)[C@@H]3[C@]4(OC(C)=O)CO[C@@H]4C[C@H](OC)[C@@]3(C)C(=O)[C@H](OC)C(=C1C)C2(C)C)C(NC(=O)OC(C)(C)C)c1ccccc1. The van der Waals surface area contributed by atoms with E-state index in [-0.39, 0.29) is 129 Å². The Kier molecular flexibility index (Phi) is 42.4. The number of esters is 3. The number of nitrogens with two attached hydrogens (primary N) is 2. The summed E-state index contributed by atoms with van der Waals surface area (Å²) in [6.45, 7) is 26.8. The van der Waals surface area contributed by atoms with Crippen LogP contribution in [0.5, 0.6) is 5.75 Å². The Balaban J connectivity index is 1.09. The first-order chi connectivity index (χ1) is 66.4. The first-order valence-corrected chi connectivity index (χ1v) is 49.8. The van der Waals surface area contributed by atoms with Gasteiger partial charge in [0.2, 0.25) is 53.4 Å². The standard InChI is InChI=1S/C98H145N15O27S2/c1-21-43-112(51-69(117)106-62(35-29-41-103-88(99)100)81(121)111-76(92(8,9)10)82(122)108-63(36-30-42-104-89(101)102)80(120)109-65(85(125)126)48-58-37-39-61(116)40-38-58)83(123)64(47-54(3)4)107-70(118)52-113(44-22-2)84(124)77(105-56(6)114)95(16,17)142-141-46-45-134-91(130)137-74(72(59-31-25-23-26-32-59)110-90(129)140-93(11,12)13)87(128)136-66-50-98(131)79(138-86(127)60-33-27-24-28-34-60)75-96(18,78(119)73(133-20)71(55(66)5)94(98,14)15)67(132-19)49-68-97(75,53-135-68)139-57(7)115/h23-28,31-34,37-40,54,62-68,72-77,79,116,131H,21-22,29-30,35-36,41-53H2,1-20H3,(H,105,114)(H,106,117)(H,107,118)(H,108,122)(H,109,120)(H,110,129)(H,111,121)(H,125,126)(H4,99,100,103)(H4,101,102,104)/t62-,63-,64-,65-,66-,67-,68+,72?,73+,74+,75-,76+,77+,79-,96+,97-,98+/m0/s1. The highest BCUT2D eigenvalue weighted by Gasteiger charge is 2.78. The fourth-order valence-corrected chi connectivity index (χ4v) is 21.0. The normalized spacial score (nSPS) is 21.8. The maximum atomic E-state index is 16.2. The molecule has 1 saturated heterocycles. The molecule has 0 radical (unpaired) electrons. The summed E-state index contributed by atoms with van der Waals surface area (Å²) < 4.78 is 54.1. The number of nitrogens with zero attached hydrogens (tertiary/aromatic N) is 2. The average molecular weight is 2030 g/mol. The lowest BCUT2D eigenvalue weighted by Crippen LogP contribution is -2.82. The molecule has 786 valence electrons. The van der Waals surface area contributed by atoms with Crippen molar-refractivity contribution < 1.29 is 130 Å². The van der Waals surface area contributed by atoms with Crippen molar-refractivity contribution in [3.63, 3.8) is 0 Å². The van der Waals surface area contributed by atoms with E-state index in [1.807, 2.05) is 0 Å². The highest BCUT2D eigenvalue weighted by Crippen LogP contribution is 2.65. The van der Waals surface area contributed by atoms with Crippen molar-refractivity contribution in [1.82, 2.24) is 57.7 Å². The van der Waals surface area contributed by atoms with Gasteiger partial charge in [-0.2, -0.15) is 0 Å². The average Bonchev–Trinajstić information content (AvgIpc) is 0.665. The molecule has 0 spiro atoms. The molecule has 1 aliphatic heterocycles. The maximum Gasteiger partial charge on any atom is 0.509 e. The number of hydrogen-bond acceptors (Lipinski definition) is 30. The minimum absolute atomic E-state index is 0.00873. The van der Waals surface area contributed by atoms with Gasteiger partial charge in [-0.05, 0) is 151 Å². The number of phenols is 1. The lowest BCUT2D eigenvalue weighted by atomic mass is 9.44. The quantitative estimate of drug-likeness (QED) is 0.00591. The first-order valence-electron chi connectivity index (χ1n) is 47.5. The third-order valence-corrected chi connectivity index (χ3v) is 28.7. The zero-order chi connectivity index (χ0) is 106. The van der Waals surface area contributed by atoms with Crippen LogP contribution in [-0.2, 0) is 107 Å². The highest BCUT2D eigenvalue weighted by molar-refractivity contribution is 8.77. The predicted molar refractivity (Wildman–Crippen MR) is 525 cm³/mol. The van der Waals surface area contributed by atoms with Crippen LogP contribution in [0.2, 0.25) is 0 Å². The van der Waals surface area contributed by atoms with E-state index in [2.05, 4.69) is 47.9 Å². The maximum absolute atomic E-state index is 16.2. The second-order valence-electron chi connectivity index (χ2n) is 39.8. The molecule has 17 atom stereocenters. The minimum atomic E-state index is -2.45. The Labute approximate surface area is 836 Å². The summed E-state index contributed by atoms with van der Waals surface area (Å²) in [4.78, 5) is 220. The summed E-state index contributed by atoms with van der Waals surface area (Å²) >= 11 is 0. The van der Waals surface area contributed by atoms with E-state index in [0.717, 1.165) is 21.6 Å². The number of ether oxygens (including phenoxy) is 9. The Morgan fingerprint density at radius 3 is 1.73 bits per heavy atom. The third-order valence-electron chi connectivity index (χ3n) is 25.5. The van der Waals surface area contributed by atoms with E-state index in [1.165, 1.54) is 86.4 Å². The van der Waals surface area contributed by atoms with Gasteiger partial charge >= 0.3 is 36.1 Å². The largest absolute Gasteiger partial charge is 0.509 e. The molecule has 2 saturated carbocycles. The van der Waals surface area contributed by atoms with Crippen LogP contribution in [0.15, 0.2) is 96.1 Å². The van der Waals surface area contributed by atoms with Gasteiger partial charge in [-0.3, -0.25) is 58.8 Å². The van der Waals surface area contributed by atoms with E-state index in [1.54, 1.807) is 147 Å². The molecule has 44 heteroatoms. The van der Waals surface area contributed by atoms with Crippen LogP contribution in [0.4, 0.5) is 9.59 Å². The van der Waals surface area contributed by atoms with Crippen LogP contribution in [0.25, 0.3) is 0 Å². The number of carboxylic acids is 1. The van der Waals surface area contributed by atoms with Gasteiger partial charge in [-0.1, -0.05) is 145 Å². The van der Waals surface area contributed by atoms with Crippen molar-refractivity contribution in [3.05, 3.63) is 113 Å². The lowest BCUT2D eigenvalue weighted by Gasteiger charge is -2.67. The number of guanidine groups is 2. The summed E-state index contributed by atoms with van der Waals surface area (Å²) in [5, 5.41) is 73.7. The van der Waals surface area contributed by atoms with E-state index in [0.29, 0.717) is 18.4 Å². The topological polar surface area (TPSA) is 614 Å². The molecule has 3 fully saturated rings. The van der Waals surface area contributed by atoms with Gasteiger partial charge in [-0.25, -0.2) is 24.0 Å². The Bertz CT molecular complexity index is 5000. The van der Waals surface area contributed by atoms with Crippen molar-refractivity contribution in [1.29, 1.82) is 10.8 Å². The predicted octanol–water partition coefficient (Wildman–Crippen LogP) is 5.95. The van der Waals surface area contributed by atoms with Gasteiger partial charge in [0.1, 0.15) is 90.3 Å². The zero-order valence-corrected chi connectivity index (χ0v) is 86.3. The molecular weight excluding hydrogens is 1880 g/mol. The van der Waals surface area contributed by atoms with Crippen LogP contribution in [0.1, 0.15) is 210 Å². The molecule has 0 aromatic heterocycles. The number of amides is 9. The summed E-state index contributed by atoms with van der Waals surface area (Å²) in [6, 6.07) is 11.2. The monoisotopic (exact) mass is 2030 g/mol. The molecular formula is C98H145N15O27S2.